The molecule has 4 nitrogen and oxygen atoms in total. The molecule has 1 fully saturated rings. The van der Waals surface area contributed by atoms with Crippen LogP contribution in [0, 0.1) is 5.92 Å². The van der Waals surface area contributed by atoms with E-state index in [1.807, 2.05) is 0 Å². The second-order valence-electron chi connectivity index (χ2n) is 4.19. The van der Waals surface area contributed by atoms with Crippen molar-refractivity contribution in [3.05, 3.63) is 0 Å². The van der Waals surface area contributed by atoms with Crippen molar-refractivity contribution in [1.82, 2.24) is 5.32 Å². The predicted octanol–water partition coefficient (Wildman–Crippen LogP) is 0.400. The van der Waals surface area contributed by atoms with Crippen molar-refractivity contribution in [1.29, 1.82) is 0 Å². The molecule has 90 valence electrons. The molecule has 0 heterocycles. The number of aliphatic hydroxyl groups excluding tert-OH is 1. The van der Waals surface area contributed by atoms with Crippen LogP contribution in [0.3, 0.4) is 0 Å². The van der Waals surface area contributed by atoms with Crippen LogP contribution in [0.4, 0.5) is 0 Å². The third-order valence-corrected chi connectivity index (χ3v) is 2.44. The molecule has 1 aliphatic rings. The van der Waals surface area contributed by atoms with E-state index in [-0.39, 0.29) is 6.10 Å². The van der Waals surface area contributed by atoms with Gasteiger partial charge in [-0.25, -0.2) is 0 Å². The SMILES string of the molecule is COCCCNCC(O)COCC1CC1. The Kier molecular flexibility index (Phi) is 6.92. The van der Waals surface area contributed by atoms with Gasteiger partial charge in [0.05, 0.1) is 12.7 Å². The number of hydrogen-bond donors (Lipinski definition) is 2. The van der Waals surface area contributed by atoms with Gasteiger partial charge in [0.15, 0.2) is 0 Å². The molecule has 0 aromatic heterocycles. The molecular weight excluding hydrogens is 194 g/mol. The Labute approximate surface area is 92.0 Å². The minimum atomic E-state index is -0.383. The Morgan fingerprint density at radius 3 is 2.93 bits per heavy atom. The van der Waals surface area contributed by atoms with Crippen LogP contribution in [0.2, 0.25) is 0 Å². The molecule has 1 saturated carbocycles. The van der Waals surface area contributed by atoms with Crippen molar-refractivity contribution in [3.63, 3.8) is 0 Å². The summed E-state index contributed by atoms with van der Waals surface area (Å²) in [5.74, 6) is 0.770. The molecule has 0 bridgehead atoms. The molecule has 1 unspecified atom stereocenters. The van der Waals surface area contributed by atoms with Gasteiger partial charge in [0.25, 0.3) is 0 Å². The number of ether oxygens (including phenoxy) is 2. The third-order valence-electron chi connectivity index (χ3n) is 2.44. The molecule has 2 N–H and O–H groups in total. The van der Waals surface area contributed by atoms with E-state index in [0.717, 1.165) is 32.1 Å². The molecule has 0 amide bonds. The Balaban J connectivity index is 1.77. The van der Waals surface area contributed by atoms with E-state index < -0.39 is 0 Å². The molecule has 0 spiro atoms. The first kappa shape index (κ1) is 12.9. The molecule has 1 atom stereocenters. The minimum Gasteiger partial charge on any atom is -0.389 e. The van der Waals surface area contributed by atoms with Gasteiger partial charge in [0, 0.05) is 26.9 Å². The van der Waals surface area contributed by atoms with Gasteiger partial charge in [-0.3, -0.25) is 0 Å². The maximum Gasteiger partial charge on any atom is 0.0897 e. The van der Waals surface area contributed by atoms with Crippen LogP contribution in [0.25, 0.3) is 0 Å². The first-order valence-corrected chi connectivity index (χ1v) is 5.78. The highest BCUT2D eigenvalue weighted by molar-refractivity contribution is 4.72. The standard InChI is InChI=1S/C11H23NO3/c1-14-6-2-5-12-7-11(13)9-15-8-10-3-4-10/h10-13H,2-9H2,1H3. The summed E-state index contributed by atoms with van der Waals surface area (Å²) in [5, 5.41) is 12.7. The van der Waals surface area contributed by atoms with E-state index in [0.29, 0.717) is 13.2 Å². The number of aliphatic hydroxyl groups is 1. The fraction of sp³-hybridized carbons (Fsp3) is 1.00. The smallest absolute Gasteiger partial charge is 0.0897 e. The molecule has 0 aromatic carbocycles. The quantitative estimate of drug-likeness (QED) is 0.520. The van der Waals surface area contributed by atoms with Gasteiger partial charge in [-0.1, -0.05) is 0 Å². The molecule has 0 aromatic rings. The largest absolute Gasteiger partial charge is 0.389 e. The lowest BCUT2D eigenvalue weighted by Gasteiger charge is -2.12. The van der Waals surface area contributed by atoms with Gasteiger partial charge < -0.3 is 19.9 Å². The van der Waals surface area contributed by atoms with Gasteiger partial charge in [-0.05, 0) is 31.7 Å². The zero-order chi connectivity index (χ0) is 10.9. The fourth-order valence-corrected chi connectivity index (χ4v) is 1.32. The van der Waals surface area contributed by atoms with Crippen LogP contribution in [-0.2, 0) is 9.47 Å². The molecule has 15 heavy (non-hydrogen) atoms. The lowest BCUT2D eigenvalue weighted by atomic mass is 10.3. The Hall–Kier alpha value is -0.160. The molecule has 1 aliphatic carbocycles. The van der Waals surface area contributed by atoms with Gasteiger partial charge in [-0.15, -0.1) is 0 Å². The fourth-order valence-electron chi connectivity index (χ4n) is 1.32. The molecule has 1 rings (SSSR count). The highest BCUT2D eigenvalue weighted by Crippen LogP contribution is 2.28. The van der Waals surface area contributed by atoms with Gasteiger partial charge in [0.1, 0.15) is 0 Å². The number of nitrogens with one attached hydrogen (secondary N) is 1. The highest BCUT2D eigenvalue weighted by Gasteiger charge is 2.21. The summed E-state index contributed by atoms with van der Waals surface area (Å²) in [7, 11) is 1.70. The van der Waals surface area contributed by atoms with E-state index in [1.165, 1.54) is 12.8 Å². The summed E-state index contributed by atoms with van der Waals surface area (Å²) in [4.78, 5) is 0. The summed E-state index contributed by atoms with van der Waals surface area (Å²) >= 11 is 0. The van der Waals surface area contributed by atoms with Gasteiger partial charge in [0.2, 0.25) is 0 Å². The maximum absolute atomic E-state index is 9.52. The monoisotopic (exact) mass is 217 g/mol. The van der Waals surface area contributed by atoms with Crippen molar-refractivity contribution >= 4 is 0 Å². The first-order valence-electron chi connectivity index (χ1n) is 5.78. The Morgan fingerprint density at radius 1 is 1.47 bits per heavy atom. The average molecular weight is 217 g/mol. The molecule has 0 saturated heterocycles. The molecule has 0 radical (unpaired) electrons. The zero-order valence-electron chi connectivity index (χ0n) is 9.58. The van der Waals surface area contributed by atoms with E-state index in [9.17, 15) is 5.11 Å². The third kappa shape index (κ3) is 7.73. The van der Waals surface area contributed by atoms with Crippen LogP contribution < -0.4 is 5.32 Å². The van der Waals surface area contributed by atoms with Crippen molar-refractivity contribution in [2.45, 2.75) is 25.4 Å². The van der Waals surface area contributed by atoms with E-state index in [2.05, 4.69) is 5.32 Å². The maximum atomic E-state index is 9.52. The summed E-state index contributed by atoms with van der Waals surface area (Å²) in [6, 6.07) is 0. The predicted molar refractivity (Wildman–Crippen MR) is 58.9 cm³/mol. The summed E-state index contributed by atoms with van der Waals surface area (Å²) < 4.78 is 10.3. The van der Waals surface area contributed by atoms with Crippen LogP contribution >= 0.6 is 0 Å². The Bertz CT molecular complexity index is 151. The summed E-state index contributed by atoms with van der Waals surface area (Å²) in [6.45, 7) is 3.53. The lowest BCUT2D eigenvalue weighted by Crippen LogP contribution is -2.31. The van der Waals surface area contributed by atoms with Crippen LogP contribution in [0.1, 0.15) is 19.3 Å². The van der Waals surface area contributed by atoms with Crippen LogP contribution in [0.15, 0.2) is 0 Å². The van der Waals surface area contributed by atoms with Crippen molar-refractivity contribution in [3.8, 4) is 0 Å². The highest BCUT2D eigenvalue weighted by atomic mass is 16.5. The number of rotatable bonds is 10. The van der Waals surface area contributed by atoms with Crippen molar-refractivity contribution < 1.29 is 14.6 Å². The summed E-state index contributed by atoms with van der Waals surface area (Å²) in [6.07, 6.45) is 3.19. The minimum absolute atomic E-state index is 0.383. The zero-order valence-corrected chi connectivity index (χ0v) is 9.58. The van der Waals surface area contributed by atoms with E-state index >= 15 is 0 Å². The molecular formula is C11H23NO3. The van der Waals surface area contributed by atoms with E-state index in [1.54, 1.807) is 7.11 Å². The van der Waals surface area contributed by atoms with E-state index in [4.69, 9.17) is 9.47 Å². The van der Waals surface area contributed by atoms with Gasteiger partial charge in [-0.2, -0.15) is 0 Å². The number of hydrogen-bond acceptors (Lipinski definition) is 4. The molecule has 4 heteroatoms. The average Bonchev–Trinajstić information content (AvgIpc) is 3.01. The normalized spacial score (nSPS) is 18.0. The Morgan fingerprint density at radius 2 is 2.27 bits per heavy atom. The lowest BCUT2D eigenvalue weighted by molar-refractivity contribution is 0.0324. The van der Waals surface area contributed by atoms with Crippen molar-refractivity contribution in [2.75, 3.05) is 40.0 Å². The topological polar surface area (TPSA) is 50.7 Å². The number of methoxy groups -OCH3 is 1. The first-order chi connectivity index (χ1) is 7.33. The van der Waals surface area contributed by atoms with Crippen LogP contribution in [-0.4, -0.2) is 51.2 Å². The van der Waals surface area contributed by atoms with Gasteiger partial charge >= 0.3 is 0 Å². The second-order valence-corrected chi connectivity index (χ2v) is 4.19. The second kappa shape index (κ2) is 8.05. The van der Waals surface area contributed by atoms with Crippen molar-refractivity contribution in [2.24, 2.45) is 5.92 Å². The van der Waals surface area contributed by atoms with Crippen LogP contribution in [0.5, 0.6) is 0 Å². The summed E-state index contributed by atoms with van der Waals surface area (Å²) in [5.41, 5.74) is 0. The molecule has 0 aliphatic heterocycles.